The van der Waals surface area contributed by atoms with Gasteiger partial charge in [-0.15, -0.1) is 0 Å². The van der Waals surface area contributed by atoms with Gasteiger partial charge in [0.05, 0.1) is 6.54 Å². The topological polar surface area (TPSA) is 40.5 Å². The van der Waals surface area contributed by atoms with Gasteiger partial charge in [-0.25, -0.2) is 0 Å². The summed E-state index contributed by atoms with van der Waals surface area (Å²) in [7, 11) is 0. The molecule has 0 aliphatic carbocycles. The van der Waals surface area contributed by atoms with Crippen molar-refractivity contribution >= 4 is 5.97 Å². The van der Waals surface area contributed by atoms with Crippen LogP contribution < -0.4 is 0 Å². The van der Waals surface area contributed by atoms with Crippen molar-refractivity contribution in [3.05, 3.63) is 0 Å². The number of carboxylic acids is 1. The molecule has 1 aliphatic rings. The number of nitrogens with zero attached hydrogens (tertiary/aromatic N) is 1. The lowest BCUT2D eigenvalue weighted by Gasteiger charge is -2.17. The van der Waals surface area contributed by atoms with E-state index in [4.69, 9.17) is 5.11 Å². The van der Waals surface area contributed by atoms with Crippen LogP contribution in [-0.2, 0) is 4.79 Å². The number of carboxylic acid groups (broad SMARTS) is 1. The van der Waals surface area contributed by atoms with Gasteiger partial charge in [0.15, 0.2) is 0 Å². The van der Waals surface area contributed by atoms with Gasteiger partial charge >= 0.3 is 12.1 Å². The summed E-state index contributed by atoms with van der Waals surface area (Å²) in [6, 6.07) is 0. The van der Waals surface area contributed by atoms with Crippen molar-refractivity contribution in [1.29, 1.82) is 0 Å². The number of rotatable bonds is 4. The van der Waals surface area contributed by atoms with E-state index in [9.17, 15) is 18.0 Å². The summed E-state index contributed by atoms with van der Waals surface area (Å²) in [6.07, 6.45) is -2.96. The summed E-state index contributed by atoms with van der Waals surface area (Å²) in [5.74, 6) is -0.785. The van der Waals surface area contributed by atoms with Crippen molar-refractivity contribution in [2.45, 2.75) is 25.4 Å². The molecule has 0 radical (unpaired) electrons. The second-order valence-corrected chi connectivity index (χ2v) is 3.94. The van der Waals surface area contributed by atoms with Crippen LogP contribution in [0, 0.1) is 5.92 Å². The van der Waals surface area contributed by atoms with Gasteiger partial charge in [-0.05, 0) is 25.3 Å². The molecule has 6 heteroatoms. The van der Waals surface area contributed by atoms with Gasteiger partial charge in [0.1, 0.15) is 0 Å². The van der Waals surface area contributed by atoms with E-state index in [0.717, 1.165) is 0 Å². The van der Waals surface area contributed by atoms with E-state index in [1.54, 1.807) is 0 Å². The Kier molecular flexibility index (Phi) is 3.96. The largest absolute Gasteiger partial charge is 0.481 e. The Balaban J connectivity index is 2.24. The third kappa shape index (κ3) is 5.01. The molecule has 0 bridgehead atoms. The average molecular weight is 225 g/mol. The molecule has 0 spiro atoms. The number of halogens is 3. The fraction of sp³-hybridized carbons (Fsp3) is 0.889. The maximum absolute atomic E-state index is 12.0. The highest BCUT2D eigenvalue weighted by Gasteiger charge is 2.34. The first-order chi connectivity index (χ1) is 6.87. The third-order valence-corrected chi connectivity index (χ3v) is 2.54. The van der Waals surface area contributed by atoms with Gasteiger partial charge in [-0.2, -0.15) is 13.2 Å². The van der Waals surface area contributed by atoms with Crippen molar-refractivity contribution in [1.82, 2.24) is 4.90 Å². The Bertz CT molecular complexity index is 230. The Morgan fingerprint density at radius 1 is 1.47 bits per heavy atom. The molecule has 0 amide bonds. The van der Waals surface area contributed by atoms with Crippen LogP contribution in [0.2, 0.25) is 0 Å². The van der Waals surface area contributed by atoms with E-state index in [0.29, 0.717) is 25.9 Å². The van der Waals surface area contributed by atoms with Gasteiger partial charge in [0, 0.05) is 13.0 Å². The lowest BCUT2D eigenvalue weighted by molar-refractivity contribution is -0.144. The van der Waals surface area contributed by atoms with Gasteiger partial charge < -0.3 is 5.11 Å². The van der Waals surface area contributed by atoms with E-state index in [-0.39, 0.29) is 12.3 Å². The minimum absolute atomic E-state index is 0.0462. The zero-order chi connectivity index (χ0) is 11.5. The highest BCUT2D eigenvalue weighted by atomic mass is 19.4. The number of alkyl halides is 3. The molecule has 1 heterocycles. The van der Waals surface area contributed by atoms with Crippen LogP contribution in [0.5, 0.6) is 0 Å². The van der Waals surface area contributed by atoms with Crippen molar-refractivity contribution in [2.75, 3.05) is 19.6 Å². The molecule has 1 saturated heterocycles. The van der Waals surface area contributed by atoms with E-state index in [2.05, 4.69) is 0 Å². The smallest absolute Gasteiger partial charge is 0.401 e. The van der Waals surface area contributed by atoms with E-state index in [1.165, 1.54) is 4.90 Å². The van der Waals surface area contributed by atoms with Crippen LogP contribution in [0.25, 0.3) is 0 Å². The van der Waals surface area contributed by atoms with Crippen LogP contribution in [-0.4, -0.2) is 41.8 Å². The molecule has 88 valence electrons. The number of likely N-dealkylation sites (tertiary alicyclic amines) is 1. The summed E-state index contributed by atoms with van der Waals surface area (Å²) < 4.78 is 36.0. The minimum Gasteiger partial charge on any atom is -0.481 e. The maximum atomic E-state index is 12.0. The summed E-state index contributed by atoms with van der Waals surface area (Å²) >= 11 is 0. The Labute approximate surface area is 85.9 Å². The summed E-state index contributed by atoms with van der Waals surface area (Å²) in [5.41, 5.74) is 0. The van der Waals surface area contributed by atoms with Crippen LogP contribution in [0.4, 0.5) is 13.2 Å². The molecule has 0 aromatic heterocycles. The zero-order valence-corrected chi connectivity index (χ0v) is 8.26. The predicted octanol–water partition coefficient (Wildman–Crippen LogP) is 1.74. The predicted molar refractivity (Wildman–Crippen MR) is 47.5 cm³/mol. The molecular formula is C9H14F3NO2. The van der Waals surface area contributed by atoms with E-state index >= 15 is 0 Å². The van der Waals surface area contributed by atoms with E-state index < -0.39 is 18.7 Å². The first-order valence-corrected chi connectivity index (χ1v) is 4.88. The second-order valence-electron chi connectivity index (χ2n) is 3.94. The van der Waals surface area contributed by atoms with Gasteiger partial charge in [0.2, 0.25) is 0 Å². The highest BCUT2D eigenvalue weighted by Crippen LogP contribution is 2.25. The molecule has 1 unspecified atom stereocenters. The minimum atomic E-state index is -4.15. The van der Waals surface area contributed by atoms with Gasteiger partial charge in [-0.1, -0.05) is 0 Å². The Morgan fingerprint density at radius 2 is 2.13 bits per heavy atom. The standard InChI is InChI=1S/C9H14F3NO2/c10-9(11,12)6-13-4-3-7(5-13)1-2-8(14)15/h7H,1-6H2,(H,14,15). The molecule has 1 aliphatic heterocycles. The highest BCUT2D eigenvalue weighted by molar-refractivity contribution is 5.66. The Hall–Kier alpha value is -0.780. The van der Waals surface area contributed by atoms with Gasteiger partial charge in [0.25, 0.3) is 0 Å². The monoisotopic (exact) mass is 225 g/mol. The molecule has 1 rings (SSSR count). The fourth-order valence-electron chi connectivity index (χ4n) is 1.87. The maximum Gasteiger partial charge on any atom is 0.401 e. The van der Waals surface area contributed by atoms with Crippen molar-refractivity contribution in [3.63, 3.8) is 0 Å². The molecule has 0 saturated carbocycles. The third-order valence-electron chi connectivity index (χ3n) is 2.54. The lowest BCUT2D eigenvalue weighted by atomic mass is 10.0. The summed E-state index contributed by atoms with van der Waals surface area (Å²) in [5, 5.41) is 8.43. The molecule has 0 aromatic carbocycles. The van der Waals surface area contributed by atoms with Crippen LogP contribution >= 0.6 is 0 Å². The first kappa shape index (κ1) is 12.3. The summed E-state index contributed by atoms with van der Waals surface area (Å²) in [6.45, 7) is -0.0901. The van der Waals surface area contributed by atoms with Crippen molar-refractivity contribution < 1.29 is 23.1 Å². The number of hydrogen-bond acceptors (Lipinski definition) is 2. The number of carbonyl (C=O) groups is 1. The SMILES string of the molecule is O=C(O)CCC1CCN(CC(F)(F)F)C1. The molecular weight excluding hydrogens is 211 g/mol. The number of hydrogen-bond donors (Lipinski definition) is 1. The summed E-state index contributed by atoms with van der Waals surface area (Å²) in [4.78, 5) is 11.6. The average Bonchev–Trinajstić information content (AvgIpc) is 2.45. The van der Waals surface area contributed by atoms with E-state index in [1.807, 2.05) is 0 Å². The lowest BCUT2D eigenvalue weighted by Crippen LogP contribution is -2.32. The van der Waals surface area contributed by atoms with Crippen LogP contribution in [0.15, 0.2) is 0 Å². The number of aliphatic carboxylic acids is 1. The Morgan fingerprint density at radius 3 is 2.67 bits per heavy atom. The van der Waals surface area contributed by atoms with Gasteiger partial charge in [-0.3, -0.25) is 9.69 Å². The molecule has 3 nitrogen and oxygen atoms in total. The second kappa shape index (κ2) is 4.83. The zero-order valence-electron chi connectivity index (χ0n) is 8.26. The quantitative estimate of drug-likeness (QED) is 0.792. The van der Waals surface area contributed by atoms with Crippen LogP contribution in [0.1, 0.15) is 19.3 Å². The molecule has 1 atom stereocenters. The molecule has 1 fully saturated rings. The fourth-order valence-corrected chi connectivity index (χ4v) is 1.87. The first-order valence-electron chi connectivity index (χ1n) is 4.88. The molecule has 15 heavy (non-hydrogen) atoms. The molecule has 0 aromatic rings. The van der Waals surface area contributed by atoms with Crippen molar-refractivity contribution in [3.8, 4) is 0 Å². The normalized spacial score (nSPS) is 23.3. The van der Waals surface area contributed by atoms with Crippen molar-refractivity contribution in [2.24, 2.45) is 5.92 Å². The van der Waals surface area contributed by atoms with Crippen LogP contribution in [0.3, 0.4) is 0 Å². The molecule has 1 N–H and O–H groups in total.